The Kier molecular flexibility index (Phi) is 4.55. The highest BCUT2D eigenvalue weighted by atomic mass is 15.1. The van der Waals surface area contributed by atoms with Crippen LogP contribution in [0.5, 0.6) is 0 Å². The van der Waals surface area contributed by atoms with Crippen molar-refractivity contribution in [3.05, 3.63) is 30.1 Å². The molecule has 0 spiro atoms. The lowest BCUT2D eigenvalue weighted by Crippen LogP contribution is -2.38. The predicted octanol–water partition coefficient (Wildman–Crippen LogP) is 3.13. The molecule has 1 saturated heterocycles. The average molecular weight is 232 g/mol. The first-order chi connectivity index (χ1) is 8.25. The molecule has 2 heterocycles. The Hall–Kier alpha value is -0.890. The second-order valence-corrected chi connectivity index (χ2v) is 5.43. The summed E-state index contributed by atoms with van der Waals surface area (Å²) in [5.74, 6) is 0.909. The summed E-state index contributed by atoms with van der Waals surface area (Å²) in [6.07, 6.45) is 7.09. The molecule has 94 valence electrons. The van der Waals surface area contributed by atoms with Gasteiger partial charge in [-0.1, -0.05) is 6.07 Å². The number of nitrogens with zero attached hydrogens (tertiary/aromatic N) is 2. The van der Waals surface area contributed by atoms with Gasteiger partial charge < -0.3 is 4.90 Å². The molecule has 2 heteroatoms. The van der Waals surface area contributed by atoms with E-state index in [-0.39, 0.29) is 0 Å². The van der Waals surface area contributed by atoms with Crippen molar-refractivity contribution >= 4 is 0 Å². The van der Waals surface area contributed by atoms with E-state index in [2.05, 4.69) is 35.9 Å². The molecule has 0 amide bonds. The van der Waals surface area contributed by atoms with E-state index in [1.54, 1.807) is 0 Å². The van der Waals surface area contributed by atoms with Crippen LogP contribution < -0.4 is 0 Å². The van der Waals surface area contributed by atoms with E-state index < -0.39 is 0 Å². The van der Waals surface area contributed by atoms with Gasteiger partial charge in [-0.25, -0.2) is 0 Å². The molecule has 2 nitrogen and oxygen atoms in total. The molecular formula is C15H24N2. The van der Waals surface area contributed by atoms with Crippen molar-refractivity contribution in [3.63, 3.8) is 0 Å². The maximum absolute atomic E-state index is 4.40. The summed E-state index contributed by atoms with van der Waals surface area (Å²) in [5.41, 5.74) is 1.25. The molecule has 0 N–H and O–H groups in total. The normalized spacial score (nSPS) is 18.8. The summed E-state index contributed by atoms with van der Waals surface area (Å²) < 4.78 is 0. The molecule has 17 heavy (non-hydrogen) atoms. The molecule has 1 aliphatic heterocycles. The molecule has 1 fully saturated rings. The summed E-state index contributed by atoms with van der Waals surface area (Å²) in [6, 6.07) is 6.93. The lowest BCUT2D eigenvalue weighted by molar-refractivity contribution is 0.145. The first-order valence-corrected chi connectivity index (χ1v) is 6.89. The second kappa shape index (κ2) is 6.15. The molecule has 1 aromatic rings. The molecule has 1 aromatic heterocycles. The van der Waals surface area contributed by atoms with E-state index in [1.165, 1.54) is 38.0 Å². The molecule has 0 radical (unpaired) electrons. The number of hydrogen-bond donors (Lipinski definition) is 0. The lowest BCUT2D eigenvalue weighted by atomic mass is 9.91. The topological polar surface area (TPSA) is 16.1 Å². The molecule has 0 aromatic carbocycles. The monoisotopic (exact) mass is 232 g/mol. The summed E-state index contributed by atoms with van der Waals surface area (Å²) in [7, 11) is 0. The number of piperidine rings is 1. The minimum Gasteiger partial charge on any atom is -0.301 e. The summed E-state index contributed by atoms with van der Waals surface area (Å²) in [5, 5.41) is 0. The third kappa shape index (κ3) is 3.81. The van der Waals surface area contributed by atoms with Crippen LogP contribution in [0, 0.1) is 5.92 Å². The highest BCUT2D eigenvalue weighted by Gasteiger charge is 2.20. The number of aromatic nitrogens is 1. The summed E-state index contributed by atoms with van der Waals surface area (Å²) in [6.45, 7) is 7.16. The molecule has 0 unspecified atom stereocenters. The third-order valence-electron chi connectivity index (χ3n) is 3.91. The van der Waals surface area contributed by atoms with Gasteiger partial charge in [-0.15, -0.1) is 0 Å². The number of hydrogen-bond acceptors (Lipinski definition) is 2. The van der Waals surface area contributed by atoms with Crippen molar-refractivity contribution in [2.75, 3.05) is 13.1 Å². The molecular weight excluding hydrogens is 208 g/mol. The van der Waals surface area contributed by atoms with Crippen molar-refractivity contribution in [2.45, 2.75) is 45.6 Å². The van der Waals surface area contributed by atoms with Gasteiger partial charge in [0.05, 0.1) is 0 Å². The molecule has 1 aliphatic rings. The standard InChI is InChI=1S/C15H24N2/c1-13(2)17-11-8-14(9-12-17)6-7-15-5-3-4-10-16-15/h3-5,10,13-14H,6-9,11-12H2,1-2H3. The highest BCUT2D eigenvalue weighted by Crippen LogP contribution is 2.23. The van der Waals surface area contributed by atoms with Gasteiger partial charge in [0.1, 0.15) is 0 Å². The van der Waals surface area contributed by atoms with Crippen LogP contribution in [0.2, 0.25) is 0 Å². The van der Waals surface area contributed by atoms with Crippen LogP contribution in [0.4, 0.5) is 0 Å². The van der Waals surface area contributed by atoms with Gasteiger partial charge in [0.15, 0.2) is 0 Å². The van der Waals surface area contributed by atoms with Crippen LogP contribution in [0.25, 0.3) is 0 Å². The Labute approximate surface area is 105 Å². The zero-order chi connectivity index (χ0) is 12.1. The number of rotatable bonds is 4. The number of pyridine rings is 1. The van der Waals surface area contributed by atoms with E-state index in [4.69, 9.17) is 0 Å². The average Bonchev–Trinajstić information content (AvgIpc) is 2.38. The number of aryl methyl sites for hydroxylation is 1. The van der Waals surface area contributed by atoms with E-state index in [0.29, 0.717) is 6.04 Å². The number of likely N-dealkylation sites (tertiary alicyclic amines) is 1. The lowest BCUT2D eigenvalue weighted by Gasteiger charge is -2.34. The molecule has 0 atom stereocenters. The van der Waals surface area contributed by atoms with Gasteiger partial charge in [-0.2, -0.15) is 0 Å². The van der Waals surface area contributed by atoms with Crippen LogP contribution in [-0.2, 0) is 6.42 Å². The van der Waals surface area contributed by atoms with Crippen LogP contribution >= 0.6 is 0 Å². The maximum Gasteiger partial charge on any atom is 0.0403 e. The zero-order valence-electron chi connectivity index (χ0n) is 11.1. The molecule has 0 aliphatic carbocycles. The minimum atomic E-state index is 0.715. The van der Waals surface area contributed by atoms with Gasteiger partial charge in [0, 0.05) is 17.9 Å². The molecule has 0 bridgehead atoms. The van der Waals surface area contributed by atoms with E-state index in [0.717, 1.165) is 12.3 Å². The van der Waals surface area contributed by atoms with Crippen molar-refractivity contribution < 1.29 is 0 Å². The smallest absolute Gasteiger partial charge is 0.0403 e. The van der Waals surface area contributed by atoms with Gasteiger partial charge in [-0.05, 0) is 70.7 Å². The fraction of sp³-hybridized carbons (Fsp3) is 0.667. The Morgan fingerprint density at radius 2 is 2.06 bits per heavy atom. The van der Waals surface area contributed by atoms with Crippen molar-refractivity contribution in [3.8, 4) is 0 Å². The van der Waals surface area contributed by atoms with Gasteiger partial charge in [0.2, 0.25) is 0 Å². The first kappa shape index (κ1) is 12.6. The van der Waals surface area contributed by atoms with Crippen molar-refractivity contribution in [1.29, 1.82) is 0 Å². The van der Waals surface area contributed by atoms with E-state index in [9.17, 15) is 0 Å². The highest BCUT2D eigenvalue weighted by molar-refractivity contribution is 5.03. The van der Waals surface area contributed by atoms with Crippen molar-refractivity contribution in [1.82, 2.24) is 9.88 Å². The maximum atomic E-state index is 4.40. The van der Waals surface area contributed by atoms with Crippen LogP contribution in [0.1, 0.15) is 38.8 Å². The zero-order valence-corrected chi connectivity index (χ0v) is 11.1. The fourth-order valence-corrected chi connectivity index (χ4v) is 2.66. The Bertz CT molecular complexity index is 313. The first-order valence-electron chi connectivity index (χ1n) is 6.89. The van der Waals surface area contributed by atoms with Gasteiger partial charge in [-0.3, -0.25) is 4.98 Å². The van der Waals surface area contributed by atoms with Gasteiger partial charge in [0.25, 0.3) is 0 Å². The molecule has 2 rings (SSSR count). The SMILES string of the molecule is CC(C)N1CCC(CCc2ccccn2)CC1. The summed E-state index contributed by atoms with van der Waals surface area (Å²) in [4.78, 5) is 6.99. The fourth-order valence-electron chi connectivity index (χ4n) is 2.66. The van der Waals surface area contributed by atoms with E-state index >= 15 is 0 Å². The Morgan fingerprint density at radius 3 is 2.65 bits per heavy atom. The Balaban J connectivity index is 1.72. The van der Waals surface area contributed by atoms with Crippen LogP contribution in [0.3, 0.4) is 0 Å². The predicted molar refractivity (Wildman–Crippen MR) is 72.0 cm³/mol. The second-order valence-electron chi connectivity index (χ2n) is 5.43. The summed E-state index contributed by atoms with van der Waals surface area (Å²) >= 11 is 0. The van der Waals surface area contributed by atoms with Crippen LogP contribution in [-0.4, -0.2) is 29.0 Å². The Morgan fingerprint density at radius 1 is 1.29 bits per heavy atom. The quantitative estimate of drug-likeness (QED) is 0.793. The molecule has 0 saturated carbocycles. The minimum absolute atomic E-state index is 0.715. The largest absolute Gasteiger partial charge is 0.301 e. The van der Waals surface area contributed by atoms with Crippen LogP contribution in [0.15, 0.2) is 24.4 Å². The van der Waals surface area contributed by atoms with E-state index in [1.807, 2.05) is 12.3 Å². The van der Waals surface area contributed by atoms with Crippen molar-refractivity contribution in [2.24, 2.45) is 5.92 Å². The third-order valence-corrected chi connectivity index (χ3v) is 3.91. The van der Waals surface area contributed by atoms with Gasteiger partial charge >= 0.3 is 0 Å².